The molecular formula is C12H12ClNO2. The maximum Gasteiger partial charge on any atom is 0.262 e. The number of fused-ring (bicyclic) bond motifs is 1. The minimum atomic E-state index is -0.590. The van der Waals surface area contributed by atoms with Crippen LogP contribution in [0.25, 0.3) is 0 Å². The van der Waals surface area contributed by atoms with Gasteiger partial charge in [0.2, 0.25) is 0 Å². The van der Waals surface area contributed by atoms with Gasteiger partial charge in [-0.15, -0.1) is 0 Å². The Bertz CT molecular complexity index is 421. The summed E-state index contributed by atoms with van der Waals surface area (Å²) < 4.78 is 0. The molecule has 3 nitrogen and oxygen atoms in total. The van der Waals surface area contributed by atoms with Crippen LogP contribution in [0.4, 0.5) is 0 Å². The van der Waals surface area contributed by atoms with Crippen molar-refractivity contribution in [3.05, 3.63) is 35.4 Å². The van der Waals surface area contributed by atoms with Gasteiger partial charge >= 0.3 is 0 Å². The Kier molecular flexibility index (Phi) is 2.72. The Morgan fingerprint density at radius 1 is 1.06 bits per heavy atom. The highest BCUT2D eigenvalue weighted by Gasteiger charge is 2.39. The fraction of sp³-hybridized carbons (Fsp3) is 0.333. The molecule has 0 saturated heterocycles. The van der Waals surface area contributed by atoms with E-state index < -0.39 is 5.50 Å². The fourth-order valence-electron chi connectivity index (χ4n) is 1.73. The van der Waals surface area contributed by atoms with Crippen LogP contribution in [0.1, 0.15) is 34.6 Å². The number of carbonyl (C=O) groups excluding carboxylic acids is 2. The van der Waals surface area contributed by atoms with Gasteiger partial charge in [0.05, 0.1) is 11.1 Å². The Labute approximate surface area is 99.0 Å². The summed E-state index contributed by atoms with van der Waals surface area (Å²) in [6, 6.07) is 6.79. The van der Waals surface area contributed by atoms with E-state index in [0.717, 1.165) is 4.90 Å². The molecule has 1 unspecified atom stereocenters. The van der Waals surface area contributed by atoms with Crippen molar-refractivity contribution in [3.63, 3.8) is 0 Å². The quantitative estimate of drug-likeness (QED) is 0.450. The summed E-state index contributed by atoms with van der Waals surface area (Å²) >= 11 is 6.09. The lowest BCUT2D eigenvalue weighted by atomic mass is 10.1. The topological polar surface area (TPSA) is 37.4 Å². The molecule has 1 aliphatic rings. The molecule has 0 aliphatic carbocycles. The van der Waals surface area contributed by atoms with E-state index in [1.807, 2.05) is 13.8 Å². The smallest absolute Gasteiger partial charge is 0.262 e. The van der Waals surface area contributed by atoms with Crippen molar-refractivity contribution in [3.8, 4) is 0 Å². The Morgan fingerprint density at radius 3 is 1.88 bits per heavy atom. The van der Waals surface area contributed by atoms with E-state index >= 15 is 0 Å². The summed E-state index contributed by atoms with van der Waals surface area (Å²) in [5, 5.41) is 0. The zero-order valence-electron chi connectivity index (χ0n) is 9.11. The molecule has 0 radical (unpaired) electrons. The van der Waals surface area contributed by atoms with Gasteiger partial charge in [-0.1, -0.05) is 37.6 Å². The highest BCUT2D eigenvalue weighted by atomic mass is 35.5. The number of hydrogen-bond acceptors (Lipinski definition) is 2. The molecule has 2 amide bonds. The van der Waals surface area contributed by atoms with Gasteiger partial charge < -0.3 is 0 Å². The van der Waals surface area contributed by atoms with Gasteiger partial charge in [-0.3, -0.25) is 14.5 Å². The molecule has 0 bridgehead atoms. The van der Waals surface area contributed by atoms with Crippen molar-refractivity contribution in [2.75, 3.05) is 0 Å². The standard InChI is InChI=1S/C12H12ClNO2/c1-7(2)10(13)14-11(15)8-5-3-4-6-9(8)12(14)16/h3-7,10H,1-2H3. The molecule has 1 heterocycles. The monoisotopic (exact) mass is 237 g/mol. The maximum absolute atomic E-state index is 12.0. The average Bonchev–Trinajstić information content (AvgIpc) is 2.52. The third kappa shape index (κ3) is 1.52. The summed E-state index contributed by atoms with van der Waals surface area (Å²) in [7, 11) is 0. The molecule has 1 aliphatic heterocycles. The van der Waals surface area contributed by atoms with Gasteiger partial charge in [0.25, 0.3) is 11.8 Å². The molecule has 1 aromatic rings. The summed E-state index contributed by atoms with van der Waals surface area (Å²) in [5.74, 6) is -0.563. The molecule has 0 N–H and O–H groups in total. The third-order valence-electron chi connectivity index (χ3n) is 2.62. The number of nitrogens with zero attached hydrogens (tertiary/aromatic N) is 1. The van der Waals surface area contributed by atoms with Gasteiger partial charge in [0, 0.05) is 0 Å². The lowest BCUT2D eigenvalue weighted by Crippen LogP contribution is -2.39. The van der Waals surface area contributed by atoms with E-state index in [4.69, 9.17) is 11.6 Å². The van der Waals surface area contributed by atoms with E-state index in [1.54, 1.807) is 24.3 Å². The zero-order valence-corrected chi connectivity index (χ0v) is 9.86. The molecule has 4 heteroatoms. The average molecular weight is 238 g/mol. The summed E-state index contributed by atoms with van der Waals surface area (Å²) in [6.07, 6.45) is 0. The van der Waals surface area contributed by atoms with Crippen LogP contribution < -0.4 is 0 Å². The Balaban J connectivity index is 2.43. The highest BCUT2D eigenvalue weighted by molar-refractivity contribution is 6.28. The number of imide groups is 1. The van der Waals surface area contributed by atoms with Crippen LogP contribution in [0.15, 0.2) is 24.3 Å². The van der Waals surface area contributed by atoms with Gasteiger partial charge in [-0.2, -0.15) is 0 Å². The SMILES string of the molecule is CC(C)C(Cl)N1C(=O)c2ccccc2C1=O. The van der Waals surface area contributed by atoms with E-state index in [2.05, 4.69) is 0 Å². The first-order chi connectivity index (χ1) is 7.54. The highest BCUT2D eigenvalue weighted by Crippen LogP contribution is 2.28. The van der Waals surface area contributed by atoms with Crippen LogP contribution in [0.5, 0.6) is 0 Å². The normalized spacial score (nSPS) is 16.9. The van der Waals surface area contributed by atoms with Gasteiger partial charge in [-0.05, 0) is 18.1 Å². The van der Waals surface area contributed by atoms with Crippen molar-refractivity contribution in [2.24, 2.45) is 5.92 Å². The number of amides is 2. The lowest BCUT2D eigenvalue weighted by molar-refractivity contribution is 0.0608. The van der Waals surface area contributed by atoms with Crippen LogP contribution in [-0.2, 0) is 0 Å². The summed E-state index contributed by atoms with van der Waals surface area (Å²) in [5.41, 5.74) is 0.296. The van der Waals surface area contributed by atoms with Crippen LogP contribution in [0.2, 0.25) is 0 Å². The summed E-state index contributed by atoms with van der Waals surface area (Å²) in [4.78, 5) is 25.1. The first-order valence-corrected chi connectivity index (χ1v) is 5.58. The van der Waals surface area contributed by atoms with Crippen LogP contribution in [0, 0.1) is 5.92 Å². The number of halogens is 1. The molecule has 0 spiro atoms. The number of hydrogen-bond donors (Lipinski definition) is 0. The Morgan fingerprint density at radius 2 is 1.50 bits per heavy atom. The predicted molar refractivity (Wildman–Crippen MR) is 61.4 cm³/mol. The first kappa shape index (κ1) is 11.1. The molecular weight excluding hydrogens is 226 g/mol. The number of carbonyl (C=O) groups is 2. The van der Waals surface area contributed by atoms with Crippen molar-refractivity contribution in [2.45, 2.75) is 19.3 Å². The predicted octanol–water partition coefficient (Wildman–Crippen LogP) is 2.50. The van der Waals surface area contributed by atoms with Crippen molar-refractivity contribution < 1.29 is 9.59 Å². The molecule has 0 aromatic heterocycles. The van der Waals surface area contributed by atoms with Crippen molar-refractivity contribution >= 4 is 23.4 Å². The van der Waals surface area contributed by atoms with E-state index in [1.165, 1.54) is 0 Å². The van der Waals surface area contributed by atoms with Gasteiger partial charge in [-0.25, -0.2) is 0 Å². The Hall–Kier alpha value is -1.35. The third-order valence-corrected chi connectivity index (χ3v) is 3.32. The van der Waals surface area contributed by atoms with Crippen LogP contribution >= 0.6 is 11.6 Å². The molecule has 1 atom stereocenters. The van der Waals surface area contributed by atoms with Crippen molar-refractivity contribution in [1.82, 2.24) is 4.90 Å². The second kappa shape index (κ2) is 3.91. The second-order valence-corrected chi connectivity index (χ2v) is 4.59. The fourth-order valence-corrected chi connectivity index (χ4v) is 1.91. The van der Waals surface area contributed by atoms with E-state index in [0.29, 0.717) is 11.1 Å². The minimum absolute atomic E-state index is 0.0314. The molecule has 2 rings (SSSR count). The number of benzene rings is 1. The molecule has 16 heavy (non-hydrogen) atoms. The second-order valence-electron chi connectivity index (χ2n) is 4.14. The van der Waals surface area contributed by atoms with Crippen LogP contribution in [-0.4, -0.2) is 22.2 Å². The molecule has 0 fully saturated rings. The lowest BCUT2D eigenvalue weighted by Gasteiger charge is -2.23. The maximum atomic E-state index is 12.0. The van der Waals surface area contributed by atoms with Gasteiger partial charge in [0.15, 0.2) is 0 Å². The number of alkyl halides is 1. The van der Waals surface area contributed by atoms with Crippen molar-refractivity contribution in [1.29, 1.82) is 0 Å². The molecule has 0 saturated carbocycles. The van der Waals surface area contributed by atoms with Gasteiger partial charge in [0.1, 0.15) is 5.50 Å². The minimum Gasteiger partial charge on any atom is -0.269 e. The molecule has 84 valence electrons. The summed E-state index contributed by atoms with van der Waals surface area (Å²) in [6.45, 7) is 3.75. The zero-order chi connectivity index (χ0) is 11.9. The van der Waals surface area contributed by atoms with Crippen LogP contribution in [0.3, 0.4) is 0 Å². The largest absolute Gasteiger partial charge is 0.269 e. The van der Waals surface area contributed by atoms with E-state index in [-0.39, 0.29) is 17.7 Å². The number of rotatable bonds is 2. The van der Waals surface area contributed by atoms with E-state index in [9.17, 15) is 9.59 Å². The molecule has 1 aromatic carbocycles. The first-order valence-electron chi connectivity index (χ1n) is 5.15.